The van der Waals surface area contributed by atoms with Gasteiger partial charge in [0.05, 0.1) is 23.1 Å². The molecule has 3 N–H and O–H groups in total. The molecule has 0 saturated carbocycles. The van der Waals surface area contributed by atoms with Gasteiger partial charge in [-0.05, 0) is 25.0 Å². The van der Waals surface area contributed by atoms with Crippen LogP contribution in [0, 0.1) is 5.92 Å². The van der Waals surface area contributed by atoms with E-state index < -0.39 is 12.1 Å². The van der Waals surface area contributed by atoms with Gasteiger partial charge in [-0.15, -0.1) is 12.4 Å². The van der Waals surface area contributed by atoms with Crippen molar-refractivity contribution in [1.29, 1.82) is 0 Å². The molecule has 1 aliphatic heterocycles. The molecule has 0 bridgehead atoms. The number of benzene rings is 1. The molecule has 6 nitrogen and oxygen atoms in total. The first-order valence-corrected chi connectivity index (χ1v) is 7.34. The van der Waals surface area contributed by atoms with Crippen molar-refractivity contribution < 1.29 is 9.59 Å². The Labute approximate surface area is 142 Å². The van der Waals surface area contributed by atoms with Gasteiger partial charge in [-0.2, -0.15) is 0 Å². The Balaban J connectivity index is 0.00000264. The third-order valence-corrected chi connectivity index (χ3v) is 3.66. The van der Waals surface area contributed by atoms with Crippen molar-refractivity contribution in [3.63, 3.8) is 0 Å². The molecule has 0 spiro atoms. The van der Waals surface area contributed by atoms with E-state index in [0.29, 0.717) is 5.71 Å². The number of likely N-dealkylation sites (N-methyl/N-ethyl adjacent to an activating group) is 1. The van der Waals surface area contributed by atoms with Crippen molar-refractivity contribution in [3.8, 4) is 0 Å². The number of para-hydroxylation sites is 2. The molecule has 1 unspecified atom stereocenters. The Bertz CT molecular complexity index is 628. The molecule has 0 fully saturated rings. The van der Waals surface area contributed by atoms with Crippen molar-refractivity contribution in [1.82, 2.24) is 5.32 Å². The second kappa shape index (κ2) is 7.57. The van der Waals surface area contributed by atoms with E-state index in [9.17, 15) is 9.59 Å². The lowest BCUT2D eigenvalue weighted by atomic mass is 9.99. The molecule has 2 atom stereocenters. The third-order valence-electron chi connectivity index (χ3n) is 3.66. The van der Waals surface area contributed by atoms with Crippen LogP contribution in [0.4, 0.5) is 11.4 Å². The first kappa shape index (κ1) is 19.1. The lowest BCUT2D eigenvalue weighted by Crippen LogP contribution is -2.55. The van der Waals surface area contributed by atoms with Crippen LogP contribution < -0.4 is 16.0 Å². The van der Waals surface area contributed by atoms with Crippen molar-refractivity contribution in [2.24, 2.45) is 16.6 Å². The topological polar surface area (TPSA) is 87.8 Å². The molecule has 0 aliphatic carbocycles. The van der Waals surface area contributed by atoms with E-state index in [2.05, 4.69) is 10.3 Å². The van der Waals surface area contributed by atoms with Crippen LogP contribution in [0.2, 0.25) is 0 Å². The van der Waals surface area contributed by atoms with Crippen molar-refractivity contribution in [3.05, 3.63) is 24.3 Å². The maximum absolute atomic E-state index is 12.8. The molecule has 1 aliphatic rings. The quantitative estimate of drug-likeness (QED) is 0.878. The fourth-order valence-electron chi connectivity index (χ4n) is 2.36. The first-order chi connectivity index (χ1) is 10.3. The van der Waals surface area contributed by atoms with E-state index in [-0.39, 0.29) is 30.1 Å². The minimum absolute atomic E-state index is 0. The second-order valence-corrected chi connectivity index (χ2v) is 5.81. The lowest BCUT2D eigenvalue weighted by Gasteiger charge is -2.25. The first-order valence-electron chi connectivity index (χ1n) is 7.34. The molecule has 2 amide bonds. The van der Waals surface area contributed by atoms with Crippen LogP contribution in [0.1, 0.15) is 20.8 Å². The van der Waals surface area contributed by atoms with Crippen LogP contribution in [0.15, 0.2) is 29.3 Å². The molecule has 1 aromatic carbocycles. The van der Waals surface area contributed by atoms with Gasteiger partial charge in [0.15, 0.2) is 0 Å². The zero-order valence-corrected chi connectivity index (χ0v) is 14.6. The van der Waals surface area contributed by atoms with Gasteiger partial charge in [-0.3, -0.25) is 14.6 Å². The number of carbonyl (C=O) groups is 2. The number of nitrogens with zero attached hydrogens (tertiary/aromatic N) is 2. The average Bonchev–Trinajstić information content (AvgIpc) is 2.58. The summed E-state index contributed by atoms with van der Waals surface area (Å²) >= 11 is 0. The van der Waals surface area contributed by atoms with E-state index >= 15 is 0 Å². The highest BCUT2D eigenvalue weighted by atomic mass is 35.5. The number of anilines is 1. The summed E-state index contributed by atoms with van der Waals surface area (Å²) in [4.78, 5) is 30.9. The molecule has 1 heterocycles. The number of nitrogens with one attached hydrogen (secondary N) is 1. The van der Waals surface area contributed by atoms with Crippen LogP contribution >= 0.6 is 12.4 Å². The van der Waals surface area contributed by atoms with Gasteiger partial charge in [-0.1, -0.05) is 26.0 Å². The normalized spacial score (nSPS) is 18.5. The third kappa shape index (κ3) is 3.89. The Hall–Kier alpha value is -1.92. The van der Waals surface area contributed by atoms with Gasteiger partial charge < -0.3 is 16.0 Å². The Morgan fingerprint density at radius 1 is 1.30 bits per heavy atom. The van der Waals surface area contributed by atoms with Crippen LogP contribution in [0.25, 0.3) is 0 Å². The Kier molecular flexibility index (Phi) is 6.29. The monoisotopic (exact) mass is 338 g/mol. The number of amides is 2. The van der Waals surface area contributed by atoms with E-state index in [1.807, 2.05) is 38.1 Å². The Morgan fingerprint density at radius 2 is 1.91 bits per heavy atom. The second-order valence-electron chi connectivity index (χ2n) is 5.81. The highest BCUT2D eigenvalue weighted by molar-refractivity contribution is 6.19. The maximum atomic E-state index is 12.8. The predicted octanol–water partition coefficient (Wildman–Crippen LogP) is 1.65. The summed E-state index contributed by atoms with van der Waals surface area (Å²) in [7, 11) is 1.69. The number of hydrogen-bond acceptors (Lipinski definition) is 4. The van der Waals surface area contributed by atoms with Crippen LogP contribution in [0.5, 0.6) is 0 Å². The van der Waals surface area contributed by atoms with Crippen LogP contribution in [-0.4, -0.2) is 36.7 Å². The van der Waals surface area contributed by atoms with E-state index in [0.717, 1.165) is 11.4 Å². The number of carbonyl (C=O) groups excluding carboxylic acids is 2. The molecule has 126 valence electrons. The van der Waals surface area contributed by atoms with Gasteiger partial charge in [-0.25, -0.2) is 0 Å². The largest absolute Gasteiger partial charge is 0.338 e. The summed E-state index contributed by atoms with van der Waals surface area (Å²) in [6.07, 6.45) is 0. The lowest BCUT2D eigenvalue weighted by molar-refractivity contribution is -0.126. The number of rotatable bonds is 3. The maximum Gasteiger partial charge on any atom is 0.255 e. The SMILES string of the molecule is CC(C)C1=Nc2ccccc2N(C)C(=O)C1NC(=O)[C@H](C)N.Cl. The van der Waals surface area contributed by atoms with E-state index in [4.69, 9.17) is 5.73 Å². The van der Waals surface area contributed by atoms with E-state index in [1.54, 1.807) is 14.0 Å². The number of fused-ring (bicyclic) bond motifs is 1. The van der Waals surface area contributed by atoms with Gasteiger partial charge >= 0.3 is 0 Å². The number of hydrogen-bond donors (Lipinski definition) is 2. The summed E-state index contributed by atoms with van der Waals surface area (Å²) < 4.78 is 0. The molecular formula is C16H23ClN4O2. The minimum Gasteiger partial charge on any atom is -0.338 e. The highest BCUT2D eigenvalue weighted by Gasteiger charge is 2.34. The van der Waals surface area contributed by atoms with Crippen molar-refractivity contribution in [2.75, 3.05) is 11.9 Å². The molecular weight excluding hydrogens is 316 g/mol. The summed E-state index contributed by atoms with van der Waals surface area (Å²) in [5, 5.41) is 2.72. The number of halogens is 1. The molecule has 0 radical (unpaired) electrons. The molecule has 7 heteroatoms. The number of nitrogens with two attached hydrogens (primary N) is 1. The average molecular weight is 339 g/mol. The summed E-state index contributed by atoms with van der Waals surface area (Å²) in [6.45, 7) is 5.48. The summed E-state index contributed by atoms with van der Waals surface area (Å²) in [6, 6.07) is 5.95. The Morgan fingerprint density at radius 3 is 2.48 bits per heavy atom. The van der Waals surface area contributed by atoms with Gasteiger partial charge in [0, 0.05) is 7.05 Å². The van der Waals surface area contributed by atoms with Gasteiger partial charge in [0.25, 0.3) is 5.91 Å². The van der Waals surface area contributed by atoms with Gasteiger partial charge in [0.1, 0.15) is 6.04 Å². The molecule has 23 heavy (non-hydrogen) atoms. The highest BCUT2D eigenvalue weighted by Crippen LogP contribution is 2.31. The van der Waals surface area contributed by atoms with Gasteiger partial charge in [0.2, 0.25) is 5.91 Å². The van der Waals surface area contributed by atoms with Crippen LogP contribution in [-0.2, 0) is 9.59 Å². The van der Waals surface area contributed by atoms with Crippen molar-refractivity contribution >= 4 is 41.3 Å². The molecule has 2 rings (SSSR count). The molecule has 1 aromatic rings. The number of aliphatic imine (C=N–C) groups is 1. The molecule has 0 aromatic heterocycles. The zero-order valence-electron chi connectivity index (χ0n) is 13.7. The predicted molar refractivity (Wildman–Crippen MR) is 94.6 cm³/mol. The van der Waals surface area contributed by atoms with E-state index in [1.165, 1.54) is 4.90 Å². The smallest absolute Gasteiger partial charge is 0.255 e. The zero-order chi connectivity index (χ0) is 16.4. The summed E-state index contributed by atoms with van der Waals surface area (Å²) in [5.74, 6) is -0.570. The fraction of sp³-hybridized carbons (Fsp3) is 0.438. The minimum atomic E-state index is -0.795. The standard InChI is InChI=1S/C16H22N4O2.ClH/c1-9(2)13-14(19-15(21)10(3)17)16(22)20(4)12-8-6-5-7-11(12)18-13;/h5-10,14H,17H2,1-4H3,(H,19,21);1H/t10-,14?;/m0./s1. The van der Waals surface area contributed by atoms with Crippen molar-refractivity contribution in [2.45, 2.75) is 32.9 Å². The molecule has 0 saturated heterocycles. The fourth-order valence-corrected chi connectivity index (χ4v) is 2.36. The summed E-state index contributed by atoms with van der Waals surface area (Å²) in [5.41, 5.74) is 7.68. The van der Waals surface area contributed by atoms with Crippen LogP contribution in [0.3, 0.4) is 0 Å².